The normalized spacial score (nSPS) is 10.8. The monoisotopic (exact) mass is 335 g/mol. The molecule has 0 bridgehead atoms. The number of quaternary nitrogens is 1. The minimum Gasteiger partial charge on any atom is -0.346 e. The number of hydrogen-bond donors (Lipinski definition) is 4. The lowest BCUT2D eigenvalue weighted by atomic mass is 10.1. The van der Waals surface area contributed by atoms with E-state index in [1.54, 1.807) is 12.1 Å². The van der Waals surface area contributed by atoms with Crippen LogP contribution in [-0.2, 0) is 6.54 Å². The molecule has 0 aromatic heterocycles. The second-order valence-corrected chi connectivity index (χ2v) is 6.14. The maximum absolute atomic E-state index is 12.1. The summed E-state index contributed by atoms with van der Waals surface area (Å²) in [5, 5.41) is 8.50. The van der Waals surface area contributed by atoms with Crippen molar-refractivity contribution in [2.24, 2.45) is 0 Å². The van der Waals surface area contributed by atoms with Gasteiger partial charge in [-0.1, -0.05) is 12.1 Å². The van der Waals surface area contributed by atoms with Crippen molar-refractivity contribution in [1.82, 2.24) is 16.0 Å². The number of rotatable bonds is 9. The topological polar surface area (TPSA) is 74.7 Å². The molecule has 6 nitrogen and oxygen atoms in total. The standard InChI is InChI=1S/C18H30N4O2/c1-5-22(6-2)12-11-19-17(23)16-9-7-15(8-10-16)13-20-18(24)21-14(3)4/h7-10,14H,5-6,11-13H2,1-4H3,(H,19,23)(H2,20,21,24)/p+1. The SMILES string of the molecule is CC[NH+](CC)CCNC(=O)c1ccc(CNC(=O)NC(C)C)cc1. The van der Waals surface area contributed by atoms with Gasteiger partial charge in [-0.2, -0.15) is 0 Å². The third-order valence-corrected chi connectivity index (χ3v) is 3.85. The minimum atomic E-state index is -0.189. The molecule has 0 unspecified atom stereocenters. The molecular formula is C18H31N4O2+. The number of likely N-dealkylation sites (N-methyl/N-ethyl adjacent to an activating group) is 1. The van der Waals surface area contributed by atoms with Crippen molar-refractivity contribution in [3.8, 4) is 0 Å². The Morgan fingerprint density at radius 2 is 1.67 bits per heavy atom. The van der Waals surface area contributed by atoms with E-state index in [9.17, 15) is 9.59 Å². The highest BCUT2D eigenvalue weighted by molar-refractivity contribution is 5.94. The Balaban J connectivity index is 2.40. The number of carbonyl (C=O) groups is 2. The number of nitrogens with one attached hydrogen (secondary N) is 4. The van der Waals surface area contributed by atoms with Crippen LogP contribution in [0.5, 0.6) is 0 Å². The fourth-order valence-electron chi connectivity index (χ4n) is 2.33. The maximum atomic E-state index is 12.1. The van der Waals surface area contributed by atoms with Gasteiger partial charge in [0.05, 0.1) is 26.2 Å². The molecule has 24 heavy (non-hydrogen) atoms. The van der Waals surface area contributed by atoms with E-state index in [2.05, 4.69) is 29.8 Å². The lowest BCUT2D eigenvalue weighted by Crippen LogP contribution is -3.12. The summed E-state index contributed by atoms with van der Waals surface area (Å²) in [6.45, 7) is 12.3. The van der Waals surface area contributed by atoms with Crippen molar-refractivity contribution < 1.29 is 14.5 Å². The Bertz CT molecular complexity index is 510. The molecule has 0 aliphatic carbocycles. The molecule has 0 saturated heterocycles. The van der Waals surface area contributed by atoms with Crippen LogP contribution in [0.2, 0.25) is 0 Å². The molecule has 1 aromatic carbocycles. The molecule has 4 N–H and O–H groups in total. The predicted molar refractivity (Wildman–Crippen MR) is 96.2 cm³/mol. The van der Waals surface area contributed by atoms with E-state index in [0.717, 1.165) is 25.2 Å². The van der Waals surface area contributed by atoms with Gasteiger partial charge in [-0.3, -0.25) is 4.79 Å². The fourth-order valence-corrected chi connectivity index (χ4v) is 2.33. The largest absolute Gasteiger partial charge is 0.346 e. The number of amides is 3. The molecule has 0 radical (unpaired) electrons. The molecule has 0 fully saturated rings. The molecule has 134 valence electrons. The molecule has 0 heterocycles. The molecule has 0 aliphatic rings. The van der Waals surface area contributed by atoms with Crippen molar-refractivity contribution in [1.29, 1.82) is 0 Å². The number of carbonyl (C=O) groups excluding carboxylic acids is 2. The Morgan fingerprint density at radius 1 is 1.04 bits per heavy atom. The number of hydrogen-bond acceptors (Lipinski definition) is 2. The minimum absolute atomic E-state index is 0.0568. The van der Waals surface area contributed by atoms with E-state index in [1.165, 1.54) is 4.90 Å². The summed E-state index contributed by atoms with van der Waals surface area (Å²) in [6, 6.07) is 7.22. The highest BCUT2D eigenvalue weighted by Gasteiger charge is 2.08. The van der Waals surface area contributed by atoms with Crippen LogP contribution in [0.3, 0.4) is 0 Å². The molecule has 6 heteroatoms. The zero-order valence-corrected chi connectivity index (χ0v) is 15.2. The average Bonchev–Trinajstić information content (AvgIpc) is 2.56. The van der Waals surface area contributed by atoms with Gasteiger partial charge in [-0.15, -0.1) is 0 Å². The Kier molecular flexibility index (Phi) is 8.86. The second-order valence-electron chi connectivity index (χ2n) is 6.14. The van der Waals surface area contributed by atoms with Gasteiger partial charge in [0.15, 0.2) is 0 Å². The zero-order chi connectivity index (χ0) is 17.9. The van der Waals surface area contributed by atoms with E-state index >= 15 is 0 Å². The summed E-state index contributed by atoms with van der Waals surface area (Å²) in [5.41, 5.74) is 1.60. The van der Waals surface area contributed by atoms with Crippen LogP contribution in [0.15, 0.2) is 24.3 Å². The van der Waals surface area contributed by atoms with Gasteiger partial charge in [-0.05, 0) is 45.4 Å². The quantitative estimate of drug-likeness (QED) is 0.532. The van der Waals surface area contributed by atoms with Crippen LogP contribution in [0.4, 0.5) is 4.79 Å². The van der Waals surface area contributed by atoms with Gasteiger partial charge in [0.25, 0.3) is 5.91 Å². The van der Waals surface area contributed by atoms with Crippen molar-refractivity contribution in [3.05, 3.63) is 35.4 Å². The first kappa shape index (κ1) is 20.0. The van der Waals surface area contributed by atoms with E-state index in [-0.39, 0.29) is 18.0 Å². The second kappa shape index (κ2) is 10.6. The first-order valence-corrected chi connectivity index (χ1v) is 8.71. The Morgan fingerprint density at radius 3 is 2.21 bits per heavy atom. The summed E-state index contributed by atoms with van der Waals surface area (Å²) in [4.78, 5) is 25.1. The van der Waals surface area contributed by atoms with Crippen LogP contribution in [0.25, 0.3) is 0 Å². The van der Waals surface area contributed by atoms with Crippen LogP contribution >= 0.6 is 0 Å². The van der Waals surface area contributed by atoms with Crippen LogP contribution in [0.1, 0.15) is 43.6 Å². The highest BCUT2D eigenvalue weighted by atomic mass is 16.2. The lowest BCUT2D eigenvalue weighted by Gasteiger charge is -2.15. The molecular weight excluding hydrogens is 304 g/mol. The smallest absolute Gasteiger partial charge is 0.315 e. The number of benzene rings is 1. The van der Waals surface area contributed by atoms with Gasteiger partial charge < -0.3 is 20.9 Å². The lowest BCUT2D eigenvalue weighted by molar-refractivity contribution is -0.895. The van der Waals surface area contributed by atoms with Crippen LogP contribution in [-0.4, -0.2) is 44.2 Å². The van der Waals surface area contributed by atoms with E-state index in [4.69, 9.17) is 0 Å². The van der Waals surface area contributed by atoms with Crippen LogP contribution in [0, 0.1) is 0 Å². The zero-order valence-electron chi connectivity index (χ0n) is 15.2. The summed E-state index contributed by atoms with van der Waals surface area (Å²) in [5.74, 6) is -0.0568. The highest BCUT2D eigenvalue weighted by Crippen LogP contribution is 2.04. The van der Waals surface area contributed by atoms with Gasteiger partial charge in [0, 0.05) is 18.2 Å². The van der Waals surface area contributed by atoms with Crippen molar-refractivity contribution in [2.45, 2.75) is 40.3 Å². The first-order chi connectivity index (χ1) is 11.5. The third kappa shape index (κ3) is 7.46. The Labute approximate surface area is 145 Å². The van der Waals surface area contributed by atoms with Crippen molar-refractivity contribution in [3.63, 3.8) is 0 Å². The molecule has 0 atom stereocenters. The van der Waals surface area contributed by atoms with E-state index in [0.29, 0.717) is 18.7 Å². The van der Waals surface area contributed by atoms with Crippen molar-refractivity contribution in [2.75, 3.05) is 26.2 Å². The van der Waals surface area contributed by atoms with Gasteiger partial charge in [0.2, 0.25) is 0 Å². The molecule has 1 aromatic rings. The molecule has 0 saturated carbocycles. The molecule has 3 amide bonds. The molecule has 0 spiro atoms. The van der Waals surface area contributed by atoms with E-state index < -0.39 is 0 Å². The first-order valence-electron chi connectivity index (χ1n) is 8.71. The summed E-state index contributed by atoms with van der Waals surface area (Å²) >= 11 is 0. The van der Waals surface area contributed by atoms with Gasteiger partial charge in [-0.25, -0.2) is 4.79 Å². The third-order valence-electron chi connectivity index (χ3n) is 3.85. The average molecular weight is 335 g/mol. The Hall–Kier alpha value is -2.08. The predicted octanol–water partition coefficient (Wildman–Crippen LogP) is 0.549. The van der Waals surface area contributed by atoms with Crippen molar-refractivity contribution >= 4 is 11.9 Å². The van der Waals surface area contributed by atoms with Crippen LogP contribution < -0.4 is 20.9 Å². The summed E-state index contributed by atoms with van der Waals surface area (Å²) in [6.07, 6.45) is 0. The van der Waals surface area contributed by atoms with E-state index in [1.807, 2.05) is 26.0 Å². The number of urea groups is 1. The van der Waals surface area contributed by atoms with Gasteiger partial charge >= 0.3 is 6.03 Å². The maximum Gasteiger partial charge on any atom is 0.315 e. The summed E-state index contributed by atoms with van der Waals surface area (Å²) in [7, 11) is 0. The molecule has 0 aliphatic heterocycles. The summed E-state index contributed by atoms with van der Waals surface area (Å²) < 4.78 is 0. The fraction of sp³-hybridized carbons (Fsp3) is 0.556. The molecule has 1 rings (SSSR count). The van der Waals surface area contributed by atoms with Gasteiger partial charge in [0.1, 0.15) is 0 Å².